The van der Waals surface area contributed by atoms with E-state index in [0.29, 0.717) is 5.56 Å². The molecule has 3 unspecified atom stereocenters. The minimum atomic E-state index is -1.02. The van der Waals surface area contributed by atoms with Crippen molar-refractivity contribution in [2.75, 3.05) is 13.2 Å². The molecule has 0 aliphatic rings. The first-order valence-electron chi connectivity index (χ1n) is 13.7. The van der Waals surface area contributed by atoms with Crippen LogP contribution in [0.4, 0.5) is 4.79 Å². The Balaban J connectivity index is 2.54. The van der Waals surface area contributed by atoms with E-state index in [1.54, 1.807) is 20.8 Å². The van der Waals surface area contributed by atoms with Gasteiger partial charge in [0.2, 0.25) is 11.8 Å². The van der Waals surface area contributed by atoms with E-state index in [4.69, 9.17) is 4.74 Å². The highest BCUT2D eigenvalue weighted by Gasteiger charge is 2.36. The molecule has 2 aromatic carbocycles. The summed E-state index contributed by atoms with van der Waals surface area (Å²) in [6, 6.07) is 12.9. The Morgan fingerprint density at radius 2 is 1.67 bits per heavy atom. The van der Waals surface area contributed by atoms with Gasteiger partial charge in [0.1, 0.15) is 17.7 Å². The van der Waals surface area contributed by atoms with Crippen molar-refractivity contribution < 1.29 is 24.2 Å². The van der Waals surface area contributed by atoms with Gasteiger partial charge in [0.25, 0.3) is 0 Å². The first kappa shape index (κ1) is 31.8. The van der Waals surface area contributed by atoms with Crippen LogP contribution in [0.15, 0.2) is 48.5 Å². The SMILES string of the molecule is CCCC(C)NC(=O)C(c1ccc(C)c(C)c1)N(CCO)C(=O)C(Cc1ccccc1)NC(=O)OC(C)(C)C. The van der Waals surface area contributed by atoms with Gasteiger partial charge in [0, 0.05) is 19.0 Å². The fourth-order valence-electron chi connectivity index (χ4n) is 4.41. The number of aliphatic hydroxyl groups excluding tert-OH is 1. The van der Waals surface area contributed by atoms with Crippen molar-refractivity contribution in [3.8, 4) is 0 Å². The predicted molar refractivity (Wildman–Crippen MR) is 153 cm³/mol. The van der Waals surface area contributed by atoms with Gasteiger partial charge in [-0.05, 0) is 70.2 Å². The molecule has 0 bridgehead atoms. The van der Waals surface area contributed by atoms with Crippen molar-refractivity contribution in [1.82, 2.24) is 15.5 Å². The van der Waals surface area contributed by atoms with E-state index in [9.17, 15) is 19.5 Å². The monoisotopic (exact) mass is 539 g/mol. The van der Waals surface area contributed by atoms with Crippen molar-refractivity contribution in [2.45, 2.75) is 91.5 Å². The quantitative estimate of drug-likeness (QED) is 0.365. The Kier molecular flexibility index (Phi) is 12.0. The maximum atomic E-state index is 14.2. The number of amides is 3. The number of hydrogen-bond donors (Lipinski definition) is 3. The first-order chi connectivity index (χ1) is 18.4. The highest BCUT2D eigenvalue weighted by Crippen LogP contribution is 2.25. The van der Waals surface area contributed by atoms with Crippen LogP contribution in [0.1, 0.15) is 75.8 Å². The van der Waals surface area contributed by atoms with E-state index in [2.05, 4.69) is 10.6 Å². The van der Waals surface area contributed by atoms with E-state index >= 15 is 0 Å². The lowest BCUT2D eigenvalue weighted by molar-refractivity contribution is -0.143. The number of nitrogens with zero attached hydrogens (tertiary/aromatic N) is 1. The zero-order valence-electron chi connectivity index (χ0n) is 24.4. The molecule has 3 N–H and O–H groups in total. The lowest BCUT2D eigenvalue weighted by atomic mass is 9.97. The van der Waals surface area contributed by atoms with Gasteiger partial charge in [-0.25, -0.2) is 4.79 Å². The number of carbonyl (C=O) groups is 3. The summed E-state index contributed by atoms with van der Waals surface area (Å²) in [5.41, 5.74) is 2.75. The summed E-state index contributed by atoms with van der Waals surface area (Å²) < 4.78 is 5.45. The average Bonchev–Trinajstić information content (AvgIpc) is 2.84. The van der Waals surface area contributed by atoms with E-state index in [0.717, 1.165) is 29.5 Å². The third kappa shape index (κ3) is 10.0. The summed E-state index contributed by atoms with van der Waals surface area (Å²) in [5.74, 6) is -0.822. The Labute approximate surface area is 233 Å². The summed E-state index contributed by atoms with van der Waals surface area (Å²) in [5, 5.41) is 15.8. The highest BCUT2D eigenvalue weighted by molar-refractivity contribution is 5.92. The largest absolute Gasteiger partial charge is 0.444 e. The third-order valence-electron chi connectivity index (χ3n) is 6.41. The van der Waals surface area contributed by atoms with Crippen molar-refractivity contribution in [2.24, 2.45) is 0 Å². The van der Waals surface area contributed by atoms with Gasteiger partial charge in [0.05, 0.1) is 6.61 Å². The molecule has 3 amide bonds. The Morgan fingerprint density at radius 1 is 1.00 bits per heavy atom. The van der Waals surface area contributed by atoms with Crippen molar-refractivity contribution in [3.63, 3.8) is 0 Å². The van der Waals surface area contributed by atoms with Crippen LogP contribution in [0.3, 0.4) is 0 Å². The second-order valence-electron chi connectivity index (χ2n) is 11.1. The van der Waals surface area contributed by atoms with Crippen molar-refractivity contribution in [3.05, 3.63) is 70.8 Å². The zero-order chi connectivity index (χ0) is 29.2. The number of nitrogens with one attached hydrogen (secondary N) is 2. The molecule has 0 saturated carbocycles. The van der Waals surface area contributed by atoms with Crippen LogP contribution in [-0.4, -0.2) is 58.8 Å². The normalized spacial score (nSPS) is 13.6. The highest BCUT2D eigenvalue weighted by atomic mass is 16.6. The Hall–Kier alpha value is -3.39. The molecule has 2 aromatic rings. The molecule has 0 fully saturated rings. The van der Waals surface area contributed by atoms with Gasteiger partial charge < -0.3 is 25.4 Å². The average molecular weight is 540 g/mol. The number of rotatable bonds is 12. The molecule has 0 heterocycles. The van der Waals surface area contributed by atoms with Gasteiger partial charge in [-0.1, -0.05) is 61.9 Å². The third-order valence-corrected chi connectivity index (χ3v) is 6.41. The molecule has 0 radical (unpaired) electrons. The van der Waals surface area contributed by atoms with Gasteiger partial charge in [-0.2, -0.15) is 0 Å². The lowest BCUT2D eigenvalue weighted by Gasteiger charge is -2.35. The molecule has 3 atom stereocenters. The number of benzene rings is 2. The summed E-state index contributed by atoms with van der Waals surface area (Å²) in [7, 11) is 0. The van der Waals surface area contributed by atoms with Gasteiger partial charge >= 0.3 is 6.09 Å². The Morgan fingerprint density at radius 3 is 2.23 bits per heavy atom. The smallest absolute Gasteiger partial charge is 0.408 e. The molecule has 8 nitrogen and oxygen atoms in total. The summed E-state index contributed by atoms with van der Waals surface area (Å²) in [6.07, 6.45) is 1.14. The van der Waals surface area contributed by atoms with Gasteiger partial charge in [-0.15, -0.1) is 0 Å². The van der Waals surface area contributed by atoms with E-state index in [1.165, 1.54) is 4.90 Å². The van der Waals surface area contributed by atoms with E-state index in [-0.39, 0.29) is 31.5 Å². The van der Waals surface area contributed by atoms with Crippen LogP contribution in [-0.2, 0) is 20.7 Å². The molecule has 0 aliphatic heterocycles. The minimum Gasteiger partial charge on any atom is -0.444 e. The van der Waals surface area contributed by atoms with Gasteiger partial charge in [0.15, 0.2) is 0 Å². The van der Waals surface area contributed by atoms with Crippen LogP contribution in [0.25, 0.3) is 0 Å². The number of carbonyl (C=O) groups excluding carboxylic acids is 3. The van der Waals surface area contributed by atoms with Crippen molar-refractivity contribution >= 4 is 17.9 Å². The number of ether oxygens (including phenoxy) is 1. The summed E-state index contributed by atoms with van der Waals surface area (Å²) >= 11 is 0. The molecule has 39 heavy (non-hydrogen) atoms. The molecule has 0 spiro atoms. The van der Waals surface area contributed by atoms with E-state index in [1.807, 2.05) is 76.2 Å². The standard InChI is InChI=1S/C31H45N3O5/c1-8-12-23(4)32-28(36)27(25-16-15-21(2)22(3)19-25)34(17-18-35)29(37)26(20-24-13-10-9-11-14-24)33-30(38)39-31(5,6)7/h9-11,13-16,19,23,26-27,35H,8,12,17-18,20H2,1-7H3,(H,32,36)(H,33,38). The Bertz CT molecular complexity index is 1100. The maximum absolute atomic E-state index is 14.2. The van der Waals surface area contributed by atoms with E-state index < -0.39 is 29.7 Å². The molecule has 214 valence electrons. The first-order valence-corrected chi connectivity index (χ1v) is 13.7. The summed E-state index contributed by atoms with van der Waals surface area (Å²) in [4.78, 5) is 42.1. The molecule has 8 heteroatoms. The number of aliphatic hydroxyl groups is 1. The molecule has 0 aliphatic carbocycles. The topological polar surface area (TPSA) is 108 Å². The lowest BCUT2D eigenvalue weighted by Crippen LogP contribution is -2.55. The molecular formula is C31H45N3O5. The van der Waals surface area contributed by atoms with Gasteiger partial charge in [-0.3, -0.25) is 9.59 Å². The molecular weight excluding hydrogens is 494 g/mol. The van der Waals surface area contributed by atoms with Crippen LogP contribution < -0.4 is 10.6 Å². The van der Waals surface area contributed by atoms with Crippen LogP contribution >= 0.6 is 0 Å². The van der Waals surface area contributed by atoms with Crippen molar-refractivity contribution in [1.29, 1.82) is 0 Å². The fourth-order valence-corrected chi connectivity index (χ4v) is 4.41. The second-order valence-corrected chi connectivity index (χ2v) is 11.1. The molecule has 2 rings (SSSR count). The summed E-state index contributed by atoms with van der Waals surface area (Å²) in [6.45, 7) is 12.7. The fraction of sp³-hybridized carbons (Fsp3) is 0.516. The number of alkyl carbamates (subject to hydrolysis) is 1. The second kappa shape index (κ2) is 14.7. The van der Waals surface area contributed by atoms with Crippen LogP contribution in [0, 0.1) is 13.8 Å². The number of hydrogen-bond acceptors (Lipinski definition) is 5. The maximum Gasteiger partial charge on any atom is 0.408 e. The predicted octanol–water partition coefficient (Wildman–Crippen LogP) is 4.61. The molecule has 0 saturated heterocycles. The molecule has 0 aromatic heterocycles. The van der Waals surface area contributed by atoms with Crippen LogP contribution in [0.5, 0.6) is 0 Å². The minimum absolute atomic E-state index is 0.0900. The number of aryl methyl sites for hydroxylation is 2. The zero-order valence-corrected chi connectivity index (χ0v) is 24.4. The van der Waals surface area contributed by atoms with Crippen LogP contribution in [0.2, 0.25) is 0 Å².